The highest BCUT2D eigenvalue weighted by molar-refractivity contribution is 8.00. The zero-order chi connectivity index (χ0) is 14.6. The molecule has 1 aromatic rings. The van der Waals surface area contributed by atoms with Gasteiger partial charge in [0.2, 0.25) is 0 Å². The SMILES string of the molecule is CC(NCCN1CCSCC1S(C)(=O)=O)c1cccs1. The molecule has 0 bridgehead atoms. The highest BCUT2D eigenvalue weighted by Gasteiger charge is 2.30. The van der Waals surface area contributed by atoms with Gasteiger partial charge in [-0.3, -0.25) is 4.90 Å². The molecule has 4 nitrogen and oxygen atoms in total. The smallest absolute Gasteiger partial charge is 0.164 e. The molecule has 20 heavy (non-hydrogen) atoms. The monoisotopic (exact) mass is 334 g/mol. The lowest BCUT2D eigenvalue weighted by atomic mass is 10.3. The highest BCUT2D eigenvalue weighted by Crippen LogP contribution is 2.20. The van der Waals surface area contributed by atoms with E-state index in [0.717, 1.165) is 25.4 Å². The fourth-order valence-corrected chi connectivity index (χ4v) is 6.06. The number of thiophene rings is 1. The summed E-state index contributed by atoms with van der Waals surface area (Å²) in [5.74, 6) is 1.71. The molecule has 0 aliphatic carbocycles. The van der Waals surface area contributed by atoms with E-state index in [1.807, 2.05) is 0 Å². The van der Waals surface area contributed by atoms with Crippen molar-refractivity contribution in [2.75, 3.05) is 37.4 Å². The van der Waals surface area contributed by atoms with E-state index >= 15 is 0 Å². The van der Waals surface area contributed by atoms with Gasteiger partial charge in [0.05, 0.1) is 0 Å². The van der Waals surface area contributed by atoms with E-state index in [0.29, 0.717) is 11.8 Å². The zero-order valence-corrected chi connectivity index (χ0v) is 14.4. The Morgan fingerprint density at radius 1 is 1.55 bits per heavy atom. The van der Waals surface area contributed by atoms with Gasteiger partial charge in [-0.25, -0.2) is 8.42 Å². The van der Waals surface area contributed by atoms with E-state index in [-0.39, 0.29) is 5.37 Å². The van der Waals surface area contributed by atoms with Crippen LogP contribution in [-0.2, 0) is 9.84 Å². The Labute approximate surface area is 129 Å². The van der Waals surface area contributed by atoms with Crippen LogP contribution in [0.25, 0.3) is 0 Å². The largest absolute Gasteiger partial charge is 0.308 e. The number of sulfone groups is 1. The van der Waals surface area contributed by atoms with Crippen LogP contribution in [0.15, 0.2) is 17.5 Å². The maximum Gasteiger partial charge on any atom is 0.164 e. The molecule has 1 aromatic heterocycles. The van der Waals surface area contributed by atoms with Gasteiger partial charge >= 0.3 is 0 Å². The van der Waals surface area contributed by atoms with Gasteiger partial charge in [0.1, 0.15) is 5.37 Å². The third-order valence-corrected chi connectivity index (χ3v) is 7.25. The first-order valence-corrected chi connectivity index (χ1v) is 10.7. The predicted molar refractivity (Wildman–Crippen MR) is 88.3 cm³/mol. The molecule has 1 aliphatic rings. The average Bonchev–Trinajstić information content (AvgIpc) is 2.92. The Hall–Kier alpha value is -0.0800. The van der Waals surface area contributed by atoms with Crippen LogP contribution in [0.1, 0.15) is 17.8 Å². The normalized spacial score (nSPS) is 22.8. The summed E-state index contributed by atoms with van der Waals surface area (Å²) >= 11 is 3.48. The summed E-state index contributed by atoms with van der Waals surface area (Å²) in [6.07, 6.45) is 1.35. The Morgan fingerprint density at radius 2 is 2.35 bits per heavy atom. The maximum atomic E-state index is 11.8. The predicted octanol–water partition coefficient (Wildman–Crippen LogP) is 1.82. The molecule has 0 aromatic carbocycles. The van der Waals surface area contributed by atoms with Crippen LogP contribution in [0.4, 0.5) is 0 Å². The van der Waals surface area contributed by atoms with Crippen LogP contribution in [0.2, 0.25) is 0 Å². The fraction of sp³-hybridized carbons (Fsp3) is 0.692. The maximum absolute atomic E-state index is 11.8. The number of hydrogen-bond donors (Lipinski definition) is 1. The van der Waals surface area contributed by atoms with Crippen LogP contribution < -0.4 is 5.32 Å². The number of thioether (sulfide) groups is 1. The third-order valence-electron chi connectivity index (χ3n) is 3.50. The first-order chi connectivity index (χ1) is 9.48. The first kappa shape index (κ1) is 16.3. The molecule has 0 amide bonds. The molecule has 0 saturated carbocycles. The summed E-state index contributed by atoms with van der Waals surface area (Å²) < 4.78 is 23.6. The first-order valence-electron chi connectivity index (χ1n) is 6.76. The van der Waals surface area contributed by atoms with Crippen LogP contribution in [-0.4, -0.2) is 56.1 Å². The van der Waals surface area contributed by atoms with Crippen molar-refractivity contribution >= 4 is 32.9 Å². The molecule has 2 atom stereocenters. The molecule has 1 saturated heterocycles. The molecule has 1 fully saturated rings. The minimum absolute atomic E-state index is 0.319. The second-order valence-electron chi connectivity index (χ2n) is 5.09. The summed E-state index contributed by atoms with van der Waals surface area (Å²) in [6, 6.07) is 4.50. The molecule has 2 rings (SSSR count). The summed E-state index contributed by atoms with van der Waals surface area (Å²) in [7, 11) is -2.99. The van der Waals surface area contributed by atoms with Crippen molar-refractivity contribution < 1.29 is 8.42 Å². The minimum Gasteiger partial charge on any atom is -0.308 e. The molecule has 2 heterocycles. The molecule has 0 spiro atoms. The Bertz CT molecular complexity index is 502. The molecule has 2 unspecified atom stereocenters. The molecular formula is C13H22N2O2S3. The molecule has 1 N–H and O–H groups in total. The molecule has 1 aliphatic heterocycles. The van der Waals surface area contributed by atoms with Gasteiger partial charge in [0.25, 0.3) is 0 Å². The second kappa shape index (κ2) is 7.26. The van der Waals surface area contributed by atoms with Crippen LogP contribution in [0.5, 0.6) is 0 Å². The van der Waals surface area contributed by atoms with Crippen LogP contribution in [0, 0.1) is 0 Å². The van der Waals surface area contributed by atoms with Gasteiger partial charge in [-0.2, -0.15) is 11.8 Å². The van der Waals surface area contributed by atoms with Crippen molar-refractivity contribution in [1.29, 1.82) is 0 Å². The quantitative estimate of drug-likeness (QED) is 0.860. The summed E-state index contributed by atoms with van der Waals surface area (Å²) in [4.78, 5) is 3.42. The Morgan fingerprint density at radius 3 is 3.00 bits per heavy atom. The summed E-state index contributed by atoms with van der Waals surface area (Å²) in [5, 5.41) is 5.23. The van der Waals surface area contributed by atoms with Gasteiger partial charge in [-0.1, -0.05) is 6.07 Å². The van der Waals surface area contributed by atoms with Crippen LogP contribution >= 0.6 is 23.1 Å². The lowest BCUT2D eigenvalue weighted by Crippen LogP contribution is -2.49. The van der Waals surface area contributed by atoms with E-state index in [4.69, 9.17) is 0 Å². The van der Waals surface area contributed by atoms with E-state index in [1.54, 1.807) is 23.1 Å². The van der Waals surface area contributed by atoms with Crippen molar-refractivity contribution in [3.63, 3.8) is 0 Å². The van der Waals surface area contributed by atoms with Crippen molar-refractivity contribution in [3.8, 4) is 0 Å². The topological polar surface area (TPSA) is 49.4 Å². The summed E-state index contributed by atoms with van der Waals surface area (Å²) in [6.45, 7) is 4.60. The third kappa shape index (κ3) is 4.46. The molecule has 0 radical (unpaired) electrons. The lowest BCUT2D eigenvalue weighted by molar-refractivity contribution is 0.267. The molecule has 7 heteroatoms. The molecule has 114 valence electrons. The fourth-order valence-electron chi connectivity index (χ4n) is 2.33. The minimum atomic E-state index is -2.99. The zero-order valence-electron chi connectivity index (χ0n) is 11.9. The highest BCUT2D eigenvalue weighted by atomic mass is 32.2. The van der Waals surface area contributed by atoms with Gasteiger partial charge in [0.15, 0.2) is 9.84 Å². The Kier molecular flexibility index (Phi) is 5.92. The van der Waals surface area contributed by atoms with E-state index in [2.05, 4.69) is 34.7 Å². The number of nitrogens with one attached hydrogen (secondary N) is 1. The van der Waals surface area contributed by atoms with Gasteiger partial charge < -0.3 is 5.32 Å². The van der Waals surface area contributed by atoms with Gasteiger partial charge in [0, 0.05) is 48.3 Å². The van der Waals surface area contributed by atoms with Crippen molar-refractivity contribution in [1.82, 2.24) is 10.2 Å². The Balaban J connectivity index is 1.83. The second-order valence-corrected chi connectivity index (χ2v) is 9.42. The molecular weight excluding hydrogens is 312 g/mol. The van der Waals surface area contributed by atoms with E-state index in [1.165, 1.54) is 11.1 Å². The number of hydrogen-bond acceptors (Lipinski definition) is 6. The van der Waals surface area contributed by atoms with Crippen molar-refractivity contribution in [3.05, 3.63) is 22.4 Å². The summed E-state index contributed by atoms with van der Waals surface area (Å²) in [5.41, 5.74) is 0. The van der Waals surface area contributed by atoms with Gasteiger partial charge in [-0.05, 0) is 18.4 Å². The average molecular weight is 335 g/mol. The number of nitrogens with zero attached hydrogens (tertiary/aromatic N) is 1. The van der Waals surface area contributed by atoms with Gasteiger partial charge in [-0.15, -0.1) is 11.3 Å². The van der Waals surface area contributed by atoms with Crippen LogP contribution in [0.3, 0.4) is 0 Å². The van der Waals surface area contributed by atoms with E-state index in [9.17, 15) is 8.42 Å². The van der Waals surface area contributed by atoms with Crippen molar-refractivity contribution in [2.45, 2.75) is 18.3 Å². The van der Waals surface area contributed by atoms with Crippen molar-refractivity contribution in [2.24, 2.45) is 0 Å². The van der Waals surface area contributed by atoms with E-state index < -0.39 is 9.84 Å². The number of rotatable bonds is 6. The standard InChI is InChI=1S/C13H22N2O2S3/c1-11(12-4-3-8-19-12)14-5-6-15-7-9-18-10-13(15)20(2,16)17/h3-4,8,11,13-14H,5-7,9-10H2,1-2H3. The lowest BCUT2D eigenvalue weighted by Gasteiger charge is -2.34.